The molecular formula is C17H25N5S. The van der Waals surface area contributed by atoms with Gasteiger partial charge in [-0.1, -0.05) is 18.2 Å². The Morgan fingerprint density at radius 2 is 2.04 bits per heavy atom. The largest absolute Gasteiger partial charge is 0.375 e. The minimum atomic E-state index is 0.710. The Bertz CT molecular complexity index is 608. The SMILES string of the molecule is CN=C(NCCCN(C)c1ccccc1)NCc1ncc(C)s1. The van der Waals surface area contributed by atoms with Gasteiger partial charge in [0.15, 0.2) is 5.96 Å². The van der Waals surface area contributed by atoms with E-state index in [-0.39, 0.29) is 0 Å². The second-order valence-electron chi connectivity index (χ2n) is 5.33. The Labute approximate surface area is 142 Å². The number of thiazole rings is 1. The molecule has 0 spiro atoms. The molecule has 0 saturated carbocycles. The maximum atomic E-state index is 4.34. The predicted molar refractivity (Wildman–Crippen MR) is 99.4 cm³/mol. The van der Waals surface area contributed by atoms with E-state index in [1.807, 2.05) is 12.3 Å². The molecule has 2 N–H and O–H groups in total. The molecule has 1 aromatic carbocycles. The summed E-state index contributed by atoms with van der Waals surface area (Å²) in [4.78, 5) is 12.1. The lowest BCUT2D eigenvalue weighted by Gasteiger charge is -2.19. The van der Waals surface area contributed by atoms with Crippen LogP contribution >= 0.6 is 11.3 Å². The first-order valence-corrected chi connectivity index (χ1v) is 8.62. The van der Waals surface area contributed by atoms with Crippen LogP contribution in [0.2, 0.25) is 0 Å². The van der Waals surface area contributed by atoms with Crippen molar-refractivity contribution < 1.29 is 0 Å². The van der Waals surface area contributed by atoms with Crippen LogP contribution in [-0.2, 0) is 6.54 Å². The lowest BCUT2D eigenvalue weighted by Crippen LogP contribution is -2.38. The first-order valence-electron chi connectivity index (χ1n) is 7.81. The van der Waals surface area contributed by atoms with Gasteiger partial charge in [-0.25, -0.2) is 4.98 Å². The fourth-order valence-corrected chi connectivity index (χ4v) is 2.92. The van der Waals surface area contributed by atoms with E-state index in [0.29, 0.717) is 6.54 Å². The van der Waals surface area contributed by atoms with Crippen molar-refractivity contribution in [2.45, 2.75) is 19.9 Å². The zero-order valence-corrected chi connectivity index (χ0v) is 14.9. The molecule has 5 nitrogen and oxygen atoms in total. The van der Waals surface area contributed by atoms with Crippen molar-refractivity contribution in [2.24, 2.45) is 4.99 Å². The van der Waals surface area contributed by atoms with Crippen molar-refractivity contribution >= 4 is 23.0 Å². The molecular weight excluding hydrogens is 306 g/mol. The van der Waals surface area contributed by atoms with Crippen LogP contribution in [0.25, 0.3) is 0 Å². The molecule has 0 aliphatic heterocycles. The third-order valence-electron chi connectivity index (χ3n) is 3.46. The van der Waals surface area contributed by atoms with Gasteiger partial charge in [-0.15, -0.1) is 11.3 Å². The minimum Gasteiger partial charge on any atom is -0.375 e. The van der Waals surface area contributed by atoms with Crippen molar-refractivity contribution in [1.82, 2.24) is 15.6 Å². The Kier molecular flexibility index (Phi) is 6.87. The number of nitrogens with one attached hydrogen (secondary N) is 2. The Balaban J connectivity index is 1.66. The van der Waals surface area contributed by atoms with Crippen LogP contribution in [0.15, 0.2) is 41.5 Å². The first kappa shape index (κ1) is 17.3. The molecule has 1 aromatic heterocycles. The third-order valence-corrected chi connectivity index (χ3v) is 4.37. The topological polar surface area (TPSA) is 52.6 Å². The summed E-state index contributed by atoms with van der Waals surface area (Å²) in [5, 5.41) is 7.71. The highest BCUT2D eigenvalue weighted by Gasteiger charge is 2.02. The smallest absolute Gasteiger partial charge is 0.191 e. The van der Waals surface area contributed by atoms with Gasteiger partial charge in [-0.2, -0.15) is 0 Å². The van der Waals surface area contributed by atoms with Crippen LogP contribution in [0.3, 0.4) is 0 Å². The Morgan fingerprint density at radius 3 is 2.70 bits per heavy atom. The average molecular weight is 331 g/mol. The van der Waals surface area contributed by atoms with Gasteiger partial charge in [0.25, 0.3) is 0 Å². The lowest BCUT2D eigenvalue weighted by molar-refractivity contribution is 0.728. The molecule has 0 aliphatic carbocycles. The summed E-state index contributed by atoms with van der Waals surface area (Å²) in [6.07, 6.45) is 2.94. The number of rotatable bonds is 7. The molecule has 0 radical (unpaired) electrons. The molecule has 0 aliphatic rings. The Hall–Kier alpha value is -2.08. The maximum absolute atomic E-state index is 4.34. The van der Waals surface area contributed by atoms with E-state index in [2.05, 4.69) is 63.7 Å². The van der Waals surface area contributed by atoms with Gasteiger partial charge in [-0.05, 0) is 25.5 Å². The molecule has 0 unspecified atom stereocenters. The number of para-hydroxylation sites is 1. The standard InChI is InChI=1S/C17H25N5S/c1-14-12-20-16(23-14)13-21-17(18-2)19-10-7-11-22(3)15-8-5-4-6-9-15/h4-6,8-9,12H,7,10-11,13H2,1-3H3,(H2,18,19,21). The number of hydrogen-bond donors (Lipinski definition) is 2. The molecule has 2 rings (SSSR count). The molecule has 0 saturated heterocycles. The van der Waals surface area contributed by atoms with Gasteiger partial charge in [0.1, 0.15) is 5.01 Å². The summed E-state index contributed by atoms with van der Waals surface area (Å²) in [5.41, 5.74) is 1.24. The summed E-state index contributed by atoms with van der Waals surface area (Å²) in [7, 11) is 3.91. The van der Waals surface area contributed by atoms with Gasteiger partial charge in [0.2, 0.25) is 0 Å². The maximum Gasteiger partial charge on any atom is 0.191 e. The first-order chi connectivity index (χ1) is 11.2. The highest BCUT2D eigenvalue weighted by Crippen LogP contribution is 2.11. The fourth-order valence-electron chi connectivity index (χ4n) is 2.20. The molecule has 0 bridgehead atoms. The van der Waals surface area contributed by atoms with Crippen LogP contribution in [0.1, 0.15) is 16.3 Å². The number of aliphatic imine (C=N–C) groups is 1. The summed E-state index contributed by atoms with van der Waals surface area (Å²) in [5.74, 6) is 0.820. The molecule has 6 heteroatoms. The van der Waals surface area contributed by atoms with Crippen molar-refractivity contribution in [1.29, 1.82) is 0 Å². The summed E-state index contributed by atoms with van der Waals surface area (Å²) >= 11 is 1.71. The van der Waals surface area contributed by atoms with Crippen LogP contribution in [-0.4, -0.2) is 38.1 Å². The number of aryl methyl sites for hydroxylation is 1. The molecule has 0 fully saturated rings. The van der Waals surface area contributed by atoms with Crippen molar-refractivity contribution in [3.63, 3.8) is 0 Å². The molecule has 2 aromatic rings. The monoisotopic (exact) mass is 331 g/mol. The van der Waals surface area contributed by atoms with Gasteiger partial charge >= 0.3 is 0 Å². The van der Waals surface area contributed by atoms with Crippen LogP contribution in [0.5, 0.6) is 0 Å². The van der Waals surface area contributed by atoms with Gasteiger partial charge in [0, 0.05) is 43.9 Å². The highest BCUT2D eigenvalue weighted by molar-refractivity contribution is 7.11. The van der Waals surface area contributed by atoms with E-state index in [4.69, 9.17) is 0 Å². The van der Waals surface area contributed by atoms with E-state index in [9.17, 15) is 0 Å². The Morgan fingerprint density at radius 1 is 1.26 bits per heavy atom. The molecule has 23 heavy (non-hydrogen) atoms. The summed E-state index contributed by atoms with van der Waals surface area (Å²) in [6, 6.07) is 10.4. The van der Waals surface area contributed by atoms with Crippen LogP contribution in [0, 0.1) is 6.92 Å². The molecule has 0 atom stereocenters. The highest BCUT2D eigenvalue weighted by atomic mass is 32.1. The number of benzene rings is 1. The van der Waals surface area contributed by atoms with Crippen molar-refractivity contribution in [3.8, 4) is 0 Å². The normalized spacial score (nSPS) is 11.3. The fraction of sp³-hybridized carbons (Fsp3) is 0.412. The van der Waals surface area contributed by atoms with Crippen LogP contribution in [0.4, 0.5) is 5.69 Å². The van der Waals surface area contributed by atoms with E-state index in [1.165, 1.54) is 10.6 Å². The van der Waals surface area contributed by atoms with E-state index in [1.54, 1.807) is 18.4 Å². The molecule has 1 heterocycles. The third kappa shape index (κ3) is 5.90. The number of aromatic nitrogens is 1. The van der Waals surface area contributed by atoms with Gasteiger partial charge in [0.05, 0.1) is 6.54 Å². The number of anilines is 1. The zero-order valence-electron chi connectivity index (χ0n) is 14.0. The van der Waals surface area contributed by atoms with E-state index in [0.717, 1.165) is 30.5 Å². The summed E-state index contributed by atoms with van der Waals surface area (Å²) in [6.45, 7) is 4.66. The number of guanidine groups is 1. The summed E-state index contributed by atoms with van der Waals surface area (Å²) < 4.78 is 0. The predicted octanol–water partition coefficient (Wildman–Crippen LogP) is 2.64. The van der Waals surface area contributed by atoms with Crippen molar-refractivity contribution in [2.75, 3.05) is 32.1 Å². The quantitative estimate of drug-likeness (QED) is 0.465. The van der Waals surface area contributed by atoms with E-state index < -0.39 is 0 Å². The molecule has 124 valence electrons. The zero-order chi connectivity index (χ0) is 16.5. The van der Waals surface area contributed by atoms with Gasteiger partial charge < -0.3 is 15.5 Å². The average Bonchev–Trinajstić information content (AvgIpc) is 3.00. The second kappa shape index (κ2) is 9.15. The number of nitrogens with zero attached hydrogens (tertiary/aromatic N) is 3. The van der Waals surface area contributed by atoms with Crippen LogP contribution < -0.4 is 15.5 Å². The second-order valence-corrected chi connectivity index (χ2v) is 6.65. The number of hydrogen-bond acceptors (Lipinski definition) is 4. The van der Waals surface area contributed by atoms with E-state index >= 15 is 0 Å². The van der Waals surface area contributed by atoms with Gasteiger partial charge in [-0.3, -0.25) is 4.99 Å². The molecule has 0 amide bonds. The van der Waals surface area contributed by atoms with Crippen molar-refractivity contribution in [3.05, 3.63) is 46.4 Å². The minimum absolute atomic E-state index is 0.710. The lowest BCUT2D eigenvalue weighted by atomic mass is 10.3.